The number of hydrogen-bond acceptors (Lipinski definition) is 2. The van der Waals surface area contributed by atoms with Gasteiger partial charge in [0.25, 0.3) is 0 Å². The van der Waals surface area contributed by atoms with Crippen LogP contribution in [0.3, 0.4) is 0 Å². The van der Waals surface area contributed by atoms with E-state index in [-0.39, 0.29) is 6.04 Å². The van der Waals surface area contributed by atoms with Crippen molar-refractivity contribution in [3.8, 4) is 0 Å². The average Bonchev–Trinajstić information content (AvgIpc) is 2.03. The molecular weight excluding hydrogens is 166 g/mol. The van der Waals surface area contributed by atoms with Crippen LogP contribution in [-0.4, -0.2) is 27.9 Å². The number of rotatable bonds is 2. The quantitative estimate of drug-likeness (QED) is 0.367. The van der Waals surface area contributed by atoms with E-state index < -0.39 is 6.23 Å². The van der Waals surface area contributed by atoms with Crippen LogP contribution in [0.4, 0.5) is 0 Å². The van der Waals surface area contributed by atoms with E-state index in [2.05, 4.69) is 10.1 Å². The number of aliphatic hydroxyl groups excluding tert-OH is 1. The summed E-state index contributed by atoms with van der Waals surface area (Å²) in [5.41, 5.74) is 10.2. The molecule has 2 unspecified atom stereocenters. The molecule has 0 aromatic rings. The number of nitrogens with one attached hydrogen (secondary N) is 1. The van der Waals surface area contributed by atoms with Gasteiger partial charge in [-0.25, -0.2) is 0 Å². The predicted octanol–water partition coefficient (Wildman–Crippen LogP) is 0.470. The van der Waals surface area contributed by atoms with Crippen LogP contribution in [0.25, 0.3) is 5.53 Å². The van der Waals surface area contributed by atoms with E-state index in [1.807, 2.05) is 19.1 Å². The fraction of sp³-hybridized carbons (Fsp3) is 0.444. The molecule has 4 heteroatoms. The fourth-order valence-corrected chi connectivity index (χ4v) is 1.21. The molecule has 0 saturated carbocycles. The first kappa shape index (κ1) is 9.86. The van der Waals surface area contributed by atoms with Crippen molar-refractivity contribution in [2.24, 2.45) is 0 Å². The van der Waals surface area contributed by atoms with Crippen molar-refractivity contribution in [3.05, 3.63) is 29.3 Å². The minimum Gasteiger partial charge on any atom is -0.379 e. The summed E-state index contributed by atoms with van der Waals surface area (Å²) in [5, 5.41) is 12.0. The van der Waals surface area contributed by atoms with E-state index in [9.17, 15) is 0 Å². The van der Waals surface area contributed by atoms with Gasteiger partial charge in [0.05, 0.1) is 0 Å². The van der Waals surface area contributed by atoms with Crippen molar-refractivity contribution in [2.75, 3.05) is 0 Å². The third kappa shape index (κ3) is 2.63. The predicted molar refractivity (Wildman–Crippen MR) is 50.1 cm³/mol. The highest BCUT2D eigenvalue weighted by atomic mass is 16.3. The molecule has 70 valence electrons. The molecule has 13 heavy (non-hydrogen) atoms. The van der Waals surface area contributed by atoms with Gasteiger partial charge < -0.3 is 10.6 Å². The normalized spacial score (nSPS) is 23.8. The third-order valence-electron chi connectivity index (χ3n) is 1.80. The Labute approximate surface area is 77.2 Å². The molecule has 0 radical (unpaired) electrons. The van der Waals surface area contributed by atoms with Crippen molar-refractivity contribution in [1.82, 2.24) is 5.32 Å². The van der Waals surface area contributed by atoms with Gasteiger partial charge in [-0.2, -0.15) is 4.79 Å². The lowest BCUT2D eigenvalue weighted by Crippen LogP contribution is -2.41. The summed E-state index contributed by atoms with van der Waals surface area (Å²) in [4.78, 5) is 3.13. The van der Waals surface area contributed by atoms with Gasteiger partial charge in [-0.1, -0.05) is 17.7 Å². The van der Waals surface area contributed by atoms with Gasteiger partial charge in [0.1, 0.15) is 12.3 Å². The molecule has 2 N–H and O–H groups in total. The van der Waals surface area contributed by atoms with Crippen molar-refractivity contribution < 1.29 is 9.90 Å². The van der Waals surface area contributed by atoms with Crippen LogP contribution in [0.15, 0.2) is 23.8 Å². The smallest absolute Gasteiger partial charge is 0.312 e. The van der Waals surface area contributed by atoms with Crippen LogP contribution in [0.2, 0.25) is 0 Å². The lowest BCUT2D eigenvalue weighted by Gasteiger charge is -2.15. The Morgan fingerprint density at radius 1 is 1.62 bits per heavy atom. The van der Waals surface area contributed by atoms with Crippen molar-refractivity contribution in [3.63, 3.8) is 0 Å². The van der Waals surface area contributed by atoms with E-state index in [1.165, 1.54) is 0 Å². The van der Waals surface area contributed by atoms with E-state index in [0.717, 1.165) is 5.57 Å². The summed E-state index contributed by atoms with van der Waals surface area (Å²) in [5.74, 6) is 0. The zero-order valence-electron chi connectivity index (χ0n) is 7.73. The minimum atomic E-state index is -0.628. The Hall–Kier alpha value is -1.22. The summed E-state index contributed by atoms with van der Waals surface area (Å²) in [6.07, 6.45) is 4.84. The first-order valence-electron chi connectivity index (χ1n) is 4.16. The second kappa shape index (κ2) is 4.14. The van der Waals surface area contributed by atoms with Crippen molar-refractivity contribution in [1.29, 1.82) is 0 Å². The maximum atomic E-state index is 9.10. The van der Waals surface area contributed by atoms with Gasteiger partial charge in [0.15, 0.2) is 0 Å². The Bertz CT molecular complexity index is 298. The SMILES string of the molecule is CC1=CC(NC(C)O)C(=[N+]=[N-])C=C1. The average molecular weight is 179 g/mol. The number of aliphatic hydroxyl groups is 1. The molecule has 0 aliphatic heterocycles. The van der Waals surface area contributed by atoms with Crippen LogP contribution in [0.5, 0.6) is 0 Å². The highest BCUT2D eigenvalue weighted by Gasteiger charge is 2.22. The van der Waals surface area contributed by atoms with Gasteiger partial charge >= 0.3 is 5.71 Å². The molecule has 0 bridgehead atoms. The molecule has 1 rings (SSSR count). The monoisotopic (exact) mass is 179 g/mol. The lowest BCUT2D eigenvalue weighted by molar-refractivity contribution is -0.00934. The van der Waals surface area contributed by atoms with Crippen LogP contribution in [0.1, 0.15) is 13.8 Å². The minimum absolute atomic E-state index is 0.213. The topological polar surface area (TPSA) is 68.7 Å². The largest absolute Gasteiger partial charge is 0.379 e. The molecule has 1 aliphatic carbocycles. The van der Waals surface area contributed by atoms with Crippen LogP contribution < -0.4 is 5.32 Å². The van der Waals surface area contributed by atoms with Crippen LogP contribution in [0, 0.1) is 0 Å². The highest BCUT2D eigenvalue weighted by Crippen LogP contribution is 2.07. The summed E-state index contributed by atoms with van der Waals surface area (Å²) in [7, 11) is 0. The zero-order valence-corrected chi connectivity index (χ0v) is 7.73. The molecule has 0 aromatic heterocycles. The van der Waals surface area contributed by atoms with E-state index in [0.29, 0.717) is 5.71 Å². The maximum absolute atomic E-state index is 9.10. The summed E-state index contributed by atoms with van der Waals surface area (Å²) < 4.78 is 0. The molecule has 1 aliphatic rings. The van der Waals surface area contributed by atoms with Crippen LogP contribution in [-0.2, 0) is 0 Å². The van der Waals surface area contributed by atoms with Crippen molar-refractivity contribution in [2.45, 2.75) is 26.1 Å². The second-order valence-corrected chi connectivity index (χ2v) is 3.09. The Morgan fingerprint density at radius 3 is 2.85 bits per heavy atom. The second-order valence-electron chi connectivity index (χ2n) is 3.09. The molecule has 0 aromatic carbocycles. The Morgan fingerprint density at radius 2 is 2.31 bits per heavy atom. The molecule has 2 atom stereocenters. The Kier molecular flexibility index (Phi) is 3.14. The third-order valence-corrected chi connectivity index (χ3v) is 1.80. The standard InChI is InChI=1S/C9H13N3O/c1-6-3-4-8(12-10)9(5-6)11-7(2)13/h3-5,7,9,11,13H,1-2H3. The summed E-state index contributed by atoms with van der Waals surface area (Å²) in [6.45, 7) is 3.57. The molecular formula is C9H13N3O. The first-order chi connectivity index (χ1) is 6.13. The zero-order chi connectivity index (χ0) is 9.84. The molecule has 4 nitrogen and oxygen atoms in total. The summed E-state index contributed by atoms with van der Waals surface area (Å²) >= 11 is 0. The van der Waals surface area contributed by atoms with E-state index in [4.69, 9.17) is 10.6 Å². The lowest BCUT2D eigenvalue weighted by atomic mass is 10.0. The molecule has 0 spiro atoms. The first-order valence-corrected chi connectivity index (χ1v) is 4.16. The van der Waals surface area contributed by atoms with Gasteiger partial charge in [0, 0.05) is 6.08 Å². The molecule has 0 fully saturated rings. The molecule has 0 heterocycles. The number of nitrogens with zero attached hydrogens (tertiary/aromatic N) is 2. The maximum Gasteiger partial charge on any atom is 0.312 e. The van der Waals surface area contributed by atoms with Gasteiger partial charge in [0.2, 0.25) is 0 Å². The van der Waals surface area contributed by atoms with Crippen molar-refractivity contribution >= 4 is 5.71 Å². The van der Waals surface area contributed by atoms with E-state index >= 15 is 0 Å². The van der Waals surface area contributed by atoms with Gasteiger partial charge in [-0.05, 0) is 13.8 Å². The number of hydrogen-bond donors (Lipinski definition) is 2. The fourth-order valence-electron chi connectivity index (χ4n) is 1.21. The van der Waals surface area contributed by atoms with Gasteiger partial charge in [-0.3, -0.25) is 5.32 Å². The van der Waals surface area contributed by atoms with E-state index in [1.54, 1.807) is 13.0 Å². The number of allylic oxidation sites excluding steroid dienone is 2. The summed E-state index contributed by atoms with van der Waals surface area (Å²) in [6, 6.07) is -0.213. The molecule has 0 amide bonds. The Balaban J connectivity index is 2.81. The highest BCUT2D eigenvalue weighted by molar-refractivity contribution is 5.98. The van der Waals surface area contributed by atoms with Gasteiger partial charge in [-0.15, -0.1) is 0 Å². The van der Waals surface area contributed by atoms with Crippen LogP contribution >= 0.6 is 0 Å². The molecule has 0 saturated heterocycles.